The SMILES string of the molecule is Nc1ccc(S(=O)(=O)N2CCN(c3ncc(C(O)(C(F)(F)F)C(F)(F)F)cc3-c3cc4ccccc4s3)CC2)cn1. The van der Waals surface area contributed by atoms with Crippen LogP contribution in [-0.4, -0.2) is 66.3 Å². The van der Waals surface area contributed by atoms with Gasteiger partial charge in [-0.2, -0.15) is 30.6 Å². The maximum absolute atomic E-state index is 13.7. The molecule has 41 heavy (non-hydrogen) atoms. The number of pyridine rings is 2. The van der Waals surface area contributed by atoms with Crippen molar-refractivity contribution in [3.8, 4) is 10.4 Å². The average Bonchev–Trinajstić information content (AvgIpc) is 3.36. The lowest BCUT2D eigenvalue weighted by atomic mass is 9.92. The molecule has 0 aliphatic carbocycles. The molecule has 3 N–H and O–H groups in total. The van der Waals surface area contributed by atoms with Crippen LogP contribution in [0.1, 0.15) is 5.56 Å². The molecule has 1 aromatic carbocycles. The minimum atomic E-state index is -6.08. The second kappa shape index (κ2) is 10.1. The van der Waals surface area contributed by atoms with Crippen molar-refractivity contribution in [2.75, 3.05) is 36.8 Å². The third-order valence-corrected chi connectivity index (χ3v) is 9.76. The van der Waals surface area contributed by atoms with E-state index in [1.54, 1.807) is 35.2 Å². The van der Waals surface area contributed by atoms with Gasteiger partial charge in [-0.3, -0.25) is 0 Å². The zero-order valence-corrected chi connectivity index (χ0v) is 22.4. The van der Waals surface area contributed by atoms with Gasteiger partial charge >= 0.3 is 12.4 Å². The highest BCUT2D eigenvalue weighted by atomic mass is 32.2. The minimum absolute atomic E-state index is 0.0364. The summed E-state index contributed by atoms with van der Waals surface area (Å²) in [4.78, 5) is 9.61. The number of sulfonamides is 1. The molecule has 218 valence electrons. The third-order valence-electron chi connectivity index (χ3n) is 6.73. The molecular formula is C25H21F6N5O3S2. The summed E-state index contributed by atoms with van der Waals surface area (Å²) >= 11 is 1.13. The van der Waals surface area contributed by atoms with E-state index in [9.17, 15) is 39.9 Å². The average molecular weight is 618 g/mol. The number of halogens is 6. The Bertz CT molecular complexity index is 1640. The van der Waals surface area contributed by atoms with E-state index in [-0.39, 0.29) is 48.3 Å². The van der Waals surface area contributed by atoms with E-state index in [2.05, 4.69) is 9.97 Å². The number of nitrogens with two attached hydrogens (primary N) is 1. The van der Waals surface area contributed by atoms with Crippen molar-refractivity contribution in [1.29, 1.82) is 0 Å². The van der Waals surface area contributed by atoms with Gasteiger partial charge in [-0.05, 0) is 35.7 Å². The van der Waals surface area contributed by atoms with E-state index in [4.69, 9.17) is 5.73 Å². The lowest BCUT2D eigenvalue weighted by Gasteiger charge is -2.36. The van der Waals surface area contributed by atoms with E-state index in [1.807, 2.05) is 0 Å². The van der Waals surface area contributed by atoms with Crippen molar-refractivity contribution in [2.45, 2.75) is 22.8 Å². The monoisotopic (exact) mass is 617 g/mol. The van der Waals surface area contributed by atoms with Crippen LogP contribution in [-0.2, 0) is 15.6 Å². The lowest BCUT2D eigenvalue weighted by Crippen LogP contribution is -2.54. The van der Waals surface area contributed by atoms with Crippen LogP contribution in [0.15, 0.2) is 65.8 Å². The van der Waals surface area contributed by atoms with Gasteiger partial charge in [0, 0.05) is 59.3 Å². The van der Waals surface area contributed by atoms with Crippen LogP contribution >= 0.6 is 11.3 Å². The van der Waals surface area contributed by atoms with Gasteiger partial charge in [0.2, 0.25) is 10.0 Å². The summed E-state index contributed by atoms with van der Waals surface area (Å²) in [5, 5.41) is 10.7. The predicted molar refractivity (Wildman–Crippen MR) is 141 cm³/mol. The molecule has 1 aliphatic heterocycles. The lowest BCUT2D eigenvalue weighted by molar-refractivity contribution is -0.376. The van der Waals surface area contributed by atoms with Crippen molar-refractivity contribution in [1.82, 2.24) is 14.3 Å². The van der Waals surface area contributed by atoms with Crippen LogP contribution in [0.5, 0.6) is 0 Å². The Labute approximate surface area is 233 Å². The Balaban J connectivity index is 1.54. The molecule has 3 aromatic heterocycles. The molecule has 4 aromatic rings. The van der Waals surface area contributed by atoms with Gasteiger partial charge in [-0.15, -0.1) is 11.3 Å². The number of hydrogen-bond acceptors (Lipinski definition) is 8. The number of piperazine rings is 1. The van der Waals surface area contributed by atoms with Crippen molar-refractivity contribution in [2.24, 2.45) is 0 Å². The first-order valence-corrected chi connectivity index (χ1v) is 14.2. The molecule has 1 saturated heterocycles. The maximum atomic E-state index is 13.7. The third kappa shape index (κ3) is 5.09. The van der Waals surface area contributed by atoms with Crippen molar-refractivity contribution in [3.05, 3.63) is 66.5 Å². The number of nitrogen functional groups attached to an aromatic ring is 1. The fourth-order valence-corrected chi connectivity index (χ4v) is 6.97. The number of alkyl halides is 6. The van der Waals surface area contributed by atoms with Crippen molar-refractivity contribution >= 4 is 43.1 Å². The fourth-order valence-electron chi connectivity index (χ4n) is 4.53. The van der Waals surface area contributed by atoms with Crippen molar-refractivity contribution < 1.29 is 39.9 Å². The Kier molecular flexibility index (Phi) is 7.16. The van der Waals surface area contributed by atoms with Crippen LogP contribution in [0.25, 0.3) is 20.5 Å². The molecule has 1 fully saturated rings. The molecule has 0 atom stereocenters. The molecule has 0 saturated carbocycles. The maximum Gasteiger partial charge on any atom is 0.430 e. The molecule has 5 rings (SSSR count). The highest BCUT2D eigenvalue weighted by Gasteiger charge is 2.71. The van der Waals surface area contributed by atoms with E-state index < -0.39 is 33.5 Å². The van der Waals surface area contributed by atoms with E-state index in [0.717, 1.165) is 22.2 Å². The molecule has 0 bridgehead atoms. The molecule has 8 nitrogen and oxygen atoms in total. The Morgan fingerprint density at radius 3 is 2.12 bits per heavy atom. The Morgan fingerprint density at radius 1 is 0.878 bits per heavy atom. The molecule has 0 amide bonds. The minimum Gasteiger partial charge on any atom is -0.384 e. The number of aliphatic hydroxyl groups is 1. The van der Waals surface area contributed by atoms with Gasteiger partial charge in [0.25, 0.3) is 5.60 Å². The number of fused-ring (bicyclic) bond motifs is 1. The van der Waals surface area contributed by atoms with Gasteiger partial charge in [0.15, 0.2) is 0 Å². The highest BCUT2D eigenvalue weighted by molar-refractivity contribution is 7.89. The van der Waals surface area contributed by atoms with E-state index >= 15 is 0 Å². The molecular weight excluding hydrogens is 596 g/mol. The smallest absolute Gasteiger partial charge is 0.384 e. The van der Waals surface area contributed by atoms with Gasteiger partial charge < -0.3 is 15.7 Å². The first kappa shape index (κ1) is 29.0. The molecule has 1 aliphatic rings. The fraction of sp³-hybridized carbons (Fsp3) is 0.280. The summed E-state index contributed by atoms with van der Waals surface area (Å²) in [7, 11) is -3.94. The van der Waals surface area contributed by atoms with Gasteiger partial charge in [-0.1, -0.05) is 18.2 Å². The summed E-state index contributed by atoms with van der Waals surface area (Å²) in [5.41, 5.74) is -1.17. The number of hydrogen-bond donors (Lipinski definition) is 2. The van der Waals surface area contributed by atoms with Crippen LogP contribution in [0, 0.1) is 0 Å². The predicted octanol–water partition coefficient (Wildman–Crippen LogP) is 4.76. The highest BCUT2D eigenvalue weighted by Crippen LogP contribution is 2.51. The van der Waals surface area contributed by atoms with E-state index in [1.165, 1.54) is 16.4 Å². The second-order valence-corrected chi connectivity index (χ2v) is 12.3. The quantitative estimate of drug-likeness (QED) is 0.311. The van der Waals surface area contributed by atoms with Gasteiger partial charge in [-0.25, -0.2) is 18.4 Å². The van der Waals surface area contributed by atoms with Crippen molar-refractivity contribution in [3.63, 3.8) is 0 Å². The Hall–Kier alpha value is -3.47. The number of rotatable bonds is 5. The zero-order valence-electron chi connectivity index (χ0n) is 20.8. The van der Waals surface area contributed by atoms with E-state index in [0.29, 0.717) is 22.5 Å². The number of anilines is 2. The molecule has 4 heterocycles. The molecule has 0 spiro atoms. The Morgan fingerprint density at radius 2 is 1.54 bits per heavy atom. The number of aromatic nitrogens is 2. The summed E-state index contributed by atoms with van der Waals surface area (Å²) in [6, 6.07) is 11.9. The second-order valence-electron chi connectivity index (χ2n) is 9.26. The molecule has 0 radical (unpaired) electrons. The van der Waals surface area contributed by atoms with Crippen LogP contribution in [0.3, 0.4) is 0 Å². The standard InChI is InChI=1S/C25H21F6N5O3S2/c26-24(27,28)23(37,25(29,30)31)16-12-18(20-11-15-3-1-2-4-19(15)40-20)22(34-13-16)35-7-9-36(10-8-35)41(38,39)17-5-6-21(32)33-14-17/h1-6,11-14,37H,7-10H2,(H2,32,33). The number of thiophene rings is 1. The first-order valence-electron chi connectivity index (χ1n) is 11.9. The topological polar surface area (TPSA) is 113 Å². The first-order chi connectivity index (χ1) is 19.1. The summed E-state index contributed by atoms with van der Waals surface area (Å²) in [5.74, 6) is 0.193. The zero-order chi connectivity index (χ0) is 29.8. The number of nitrogens with zero attached hydrogens (tertiary/aromatic N) is 4. The van der Waals surface area contributed by atoms with Crippen LogP contribution in [0.2, 0.25) is 0 Å². The molecule has 0 unspecified atom stereocenters. The van der Waals surface area contributed by atoms with Crippen LogP contribution < -0.4 is 10.6 Å². The van der Waals surface area contributed by atoms with Gasteiger partial charge in [0.05, 0.1) is 0 Å². The molecule has 16 heteroatoms. The number of benzene rings is 1. The summed E-state index contributed by atoms with van der Waals surface area (Å²) in [6.07, 6.45) is -10.7. The van der Waals surface area contributed by atoms with Crippen LogP contribution in [0.4, 0.5) is 38.0 Å². The normalized spacial score (nSPS) is 15.9. The summed E-state index contributed by atoms with van der Waals surface area (Å²) < 4.78 is 110. The summed E-state index contributed by atoms with van der Waals surface area (Å²) in [6.45, 7) is -0.0164. The van der Waals surface area contributed by atoms with Gasteiger partial charge in [0.1, 0.15) is 16.5 Å². The largest absolute Gasteiger partial charge is 0.430 e.